The molecule has 0 atom stereocenters. The normalized spacial score (nSPS) is 11.1. The van der Waals surface area contributed by atoms with E-state index < -0.39 is 12.3 Å². The number of nitrogens with one attached hydrogen (secondary N) is 2. The maximum atomic E-state index is 12.2. The number of rotatable bonds is 6. The van der Waals surface area contributed by atoms with Crippen molar-refractivity contribution in [2.24, 2.45) is 0 Å². The van der Waals surface area contributed by atoms with Crippen LogP contribution in [0.15, 0.2) is 66.7 Å². The van der Waals surface area contributed by atoms with Crippen LogP contribution in [0, 0.1) is 0 Å². The van der Waals surface area contributed by atoms with E-state index in [4.69, 9.17) is 0 Å². The first-order valence-corrected chi connectivity index (χ1v) is 8.69. The number of alkyl halides is 3. The molecule has 0 fully saturated rings. The van der Waals surface area contributed by atoms with Crippen LogP contribution in [0.3, 0.4) is 0 Å². The average molecular weight is 402 g/mol. The molecular formula is C21H17F3N2O3. The Hall–Kier alpha value is -3.55. The first-order chi connectivity index (χ1) is 13.8. The monoisotopic (exact) mass is 402 g/mol. The van der Waals surface area contributed by atoms with Crippen LogP contribution >= 0.6 is 0 Å². The number of fused-ring (bicyclic) bond motifs is 1. The van der Waals surface area contributed by atoms with E-state index in [0.29, 0.717) is 0 Å². The molecule has 0 saturated carbocycles. The van der Waals surface area contributed by atoms with Crippen molar-refractivity contribution in [1.29, 1.82) is 0 Å². The largest absolute Gasteiger partial charge is 0.573 e. The van der Waals surface area contributed by atoms with Gasteiger partial charge in [0.1, 0.15) is 5.75 Å². The van der Waals surface area contributed by atoms with Gasteiger partial charge in [-0.3, -0.25) is 9.59 Å². The van der Waals surface area contributed by atoms with Gasteiger partial charge in [0.2, 0.25) is 11.8 Å². The molecule has 0 heterocycles. The highest BCUT2D eigenvalue weighted by Gasteiger charge is 2.30. The summed E-state index contributed by atoms with van der Waals surface area (Å²) < 4.78 is 40.2. The zero-order chi connectivity index (χ0) is 20.9. The molecule has 3 aromatic carbocycles. The number of carbonyl (C=O) groups excluding carboxylic acids is 2. The van der Waals surface area contributed by atoms with Crippen LogP contribution < -0.4 is 15.4 Å². The molecule has 0 aliphatic heterocycles. The molecule has 0 bridgehead atoms. The standard InChI is InChI=1S/C21H17F3N2O3/c22-21(23,24)29-17-10-8-16(9-11-17)26-20(28)13-25-19(27)12-15-6-3-5-14-4-1-2-7-18(14)15/h1-11H,12-13H2,(H,25,27)(H,26,28). The lowest BCUT2D eigenvalue weighted by atomic mass is 10.0. The Bertz CT molecular complexity index is 1010. The smallest absolute Gasteiger partial charge is 0.406 e. The fraction of sp³-hybridized carbons (Fsp3) is 0.143. The van der Waals surface area contributed by atoms with Gasteiger partial charge in [0.15, 0.2) is 0 Å². The Morgan fingerprint density at radius 1 is 0.862 bits per heavy atom. The van der Waals surface area contributed by atoms with Gasteiger partial charge >= 0.3 is 6.36 Å². The van der Waals surface area contributed by atoms with Crippen LogP contribution in [-0.2, 0) is 16.0 Å². The number of benzene rings is 3. The fourth-order valence-corrected chi connectivity index (χ4v) is 2.81. The maximum absolute atomic E-state index is 12.2. The molecule has 0 radical (unpaired) electrons. The first kappa shape index (κ1) is 20.2. The third-order valence-electron chi connectivity index (χ3n) is 4.05. The summed E-state index contributed by atoms with van der Waals surface area (Å²) in [7, 11) is 0. The van der Waals surface area contributed by atoms with Crippen LogP contribution in [0.1, 0.15) is 5.56 Å². The molecule has 8 heteroatoms. The summed E-state index contributed by atoms with van der Waals surface area (Å²) in [4.78, 5) is 24.1. The van der Waals surface area contributed by atoms with Crippen molar-refractivity contribution in [3.63, 3.8) is 0 Å². The van der Waals surface area contributed by atoms with Crippen molar-refractivity contribution in [3.05, 3.63) is 72.3 Å². The fourth-order valence-electron chi connectivity index (χ4n) is 2.81. The van der Waals surface area contributed by atoms with Gasteiger partial charge in [-0.1, -0.05) is 42.5 Å². The van der Waals surface area contributed by atoms with E-state index in [9.17, 15) is 22.8 Å². The van der Waals surface area contributed by atoms with Gasteiger partial charge in [-0.2, -0.15) is 0 Å². The van der Waals surface area contributed by atoms with Crippen LogP contribution in [-0.4, -0.2) is 24.7 Å². The number of halogens is 3. The van der Waals surface area contributed by atoms with Crippen molar-refractivity contribution >= 4 is 28.3 Å². The number of anilines is 1. The van der Waals surface area contributed by atoms with E-state index in [2.05, 4.69) is 15.4 Å². The second-order valence-electron chi connectivity index (χ2n) is 6.21. The molecule has 0 saturated heterocycles. The van der Waals surface area contributed by atoms with Crippen LogP contribution in [0.25, 0.3) is 10.8 Å². The van der Waals surface area contributed by atoms with E-state index in [1.165, 1.54) is 12.1 Å². The number of carbonyl (C=O) groups is 2. The second kappa shape index (κ2) is 8.64. The highest BCUT2D eigenvalue weighted by molar-refractivity contribution is 5.95. The molecule has 3 rings (SSSR count). The summed E-state index contributed by atoms with van der Waals surface area (Å²) in [5.41, 5.74) is 1.13. The van der Waals surface area contributed by atoms with Gasteiger partial charge < -0.3 is 15.4 Å². The van der Waals surface area contributed by atoms with Crippen molar-refractivity contribution in [2.45, 2.75) is 12.8 Å². The van der Waals surface area contributed by atoms with Crippen LogP contribution in [0.2, 0.25) is 0 Å². The zero-order valence-corrected chi connectivity index (χ0v) is 15.1. The molecule has 2 amide bonds. The Morgan fingerprint density at radius 2 is 1.55 bits per heavy atom. The molecule has 0 aromatic heterocycles. The van der Waals surface area contributed by atoms with Crippen LogP contribution in [0.4, 0.5) is 18.9 Å². The second-order valence-corrected chi connectivity index (χ2v) is 6.21. The molecule has 150 valence electrons. The first-order valence-electron chi connectivity index (χ1n) is 8.69. The average Bonchev–Trinajstić information content (AvgIpc) is 2.67. The highest BCUT2D eigenvalue weighted by atomic mass is 19.4. The molecule has 29 heavy (non-hydrogen) atoms. The molecule has 5 nitrogen and oxygen atoms in total. The number of hydrogen-bond donors (Lipinski definition) is 2. The molecule has 0 unspecified atom stereocenters. The van der Waals surface area contributed by atoms with E-state index in [1.807, 2.05) is 42.5 Å². The Balaban J connectivity index is 1.50. The predicted molar refractivity (Wildman–Crippen MR) is 102 cm³/mol. The summed E-state index contributed by atoms with van der Waals surface area (Å²) >= 11 is 0. The lowest BCUT2D eigenvalue weighted by Crippen LogP contribution is -2.33. The predicted octanol–water partition coefficient (Wildman–Crippen LogP) is 4.04. The third kappa shape index (κ3) is 5.97. The minimum atomic E-state index is -4.78. The SMILES string of the molecule is O=C(Cc1cccc2ccccc12)NCC(=O)Nc1ccc(OC(F)(F)F)cc1. The van der Waals surface area contributed by atoms with E-state index in [1.54, 1.807) is 0 Å². The van der Waals surface area contributed by atoms with Gasteiger partial charge in [0.05, 0.1) is 13.0 Å². The summed E-state index contributed by atoms with van der Waals surface area (Å²) in [6.45, 7) is -0.260. The quantitative estimate of drug-likeness (QED) is 0.654. The molecular weight excluding hydrogens is 385 g/mol. The maximum Gasteiger partial charge on any atom is 0.573 e. The molecule has 0 aliphatic rings. The molecule has 0 spiro atoms. The lowest BCUT2D eigenvalue weighted by molar-refractivity contribution is -0.274. The number of ether oxygens (including phenoxy) is 1. The van der Waals surface area contributed by atoms with Gasteiger partial charge in [0.25, 0.3) is 0 Å². The van der Waals surface area contributed by atoms with Gasteiger partial charge in [-0.05, 0) is 40.6 Å². The number of hydrogen-bond acceptors (Lipinski definition) is 3. The van der Waals surface area contributed by atoms with Crippen molar-refractivity contribution < 1.29 is 27.5 Å². The van der Waals surface area contributed by atoms with Gasteiger partial charge in [0, 0.05) is 5.69 Å². The third-order valence-corrected chi connectivity index (χ3v) is 4.05. The van der Waals surface area contributed by atoms with Gasteiger partial charge in [-0.15, -0.1) is 13.2 Å². The summed E-state index contributed by atoms with van der Waals surface area (Å²) in [5, 5.41) is 7.01. The Kier molecular flexibility index (Phi) is 6.01. The molecule has 3 aromatic rings. The molecule has 0 aliphatic carbocycles. The van der Waals surface area contributed by atoms with E-state index in [0.717, 1.165) is 28.5 Å². The van der Waals surface area contributed by atoms with Gasteiger partial charge in [-0.25, -0.2) is 0 Å². The summed E-state index contributed by atoms with van der Waals surface area (Å²) in [6, 6.07) is 18.1. The minimum absolute atomic E-state index is 0.123. The van der Waals surface area contributed by atoms with Crippen LogP contribution in [0.5, 0.6) is 5.75 Å². The summed E-state index contributed by atoms with van der Waals surface area (Å²) in [6.07, 6.45) is -4.66. The summed E-state index contributed by atoms with van der Waals surface area (Å²) in [5.74, 6) is -1.20. The van der Waals surface area contributed by atoms with E-state index >= 15 is 0 Å². The van der Waals surface area contributed by atoms with Crippen molar-refractivity contribution in [2.75, 3.05) is 11.9 Å². The zero-order valence-electron chi connectivity index (χ0n) is 15.1. The van der Waals surface area contributed by atoms with Crippen molar-refractivity contribution in [1.82, 2.24) is 5.32 Å². The Labute approximate surface area is 164 Å². The van der Waals surface area contributed by atoms with E-state index in [-0.39, 0.29) is 30.3 Å². The minimum Gasteiger partial charge on any atom is -0.406 e. The number of amides is 2. The Morgan fingerprint density at radius 3 is 2.28 bits per heavy atom. The van der Waals surface area contributed by atoms with Crippen molar-refractivity contribution in [3.8, 4) is 5.75 Å². The highest BCUT2D eigenvalue weighted by Crippen LogP contribution is 2.24. The topological polar surface area (TPSA) is 67.4 Å². The molecule has 2 N–H and O–H groups in total. The lowest BCUT2D eigenvalue weighted by Gasteiger charge is -2.10.